The smallest absolute Gasteiger partial charge is 0.152 e. The van der Waals surface area contributed by atoms with Gasteiger partial charge in [-0.25, -0.2) is 0 Å². The number of oxime groups is 1. The van der Waals surface area contributed by atoms with Gasteiger partial charge in [-0.2, -0.15) is 0 Å². The Bertz CT molecular complexity index is 448. The van der Waals surface area contributed by atoms with Gasteiger partial charge in [-0.1, -0.05) is 17.3 Å². The largest absolute Gasteiger partial charge is 0.390 e. The Hall–Kier alpha value is -1.00. The van der Waals surface area contributed by atoms with E-state index in [4.69, 9.17) is 9.57 Å². The lowest BCUT2D eigenvalue weighted by molar-refractivity contribution is 0.0475. The second-order valence-corrected chi connectivity index (χ2v) is 6.48. The van der Waals surface area contributed by atoms with Gasteiger partial charge in [0.25, 0.3) is 0 Å². The van der Waals surface area contributed by atoms with Crippen LogP contribution in [0.3, 0.4) is 0 Å². The maximum absolute atomic E-state index is 5.48. The highest BCUT2D eigenvalue weighted by Crippen LogP contribution is 2.38. The molecule has 4 heteroatoms. The summed E-state index contributed by atoms with van der Waals surface area (Å²) in [6.45, 7) is 3.43. The molecule has 0 radical (unpaired) electrons. The molecule has 1 heterocycles. The summed E-state index contributed by atoms with van der Waals surface area (Å²) in [5, 5.41) is 5.06. The van der Waals surface area contributed by atoms with Crippen LogP contribution in [0, 0.1) is 0 Å². The molecule has 1 aliphatic heterocycles. The molecular formula is C15H19NO2S. The molecule has 0 spiro atoms. The zero-order valence-electron chi connectivity index (χ0n) is 11.2. The van der Waals surface area contributed by atoms with Gasteiger partial charge in [-0.15, -0.1) is 11.8 Å². The van der Waals surface area contributed by atoms with E-state index in [0.717, 1.165) is 29.6 Å². The van der Waals surface area contributed by atoms with Gasteiger partial charge in [-0.3, -0.25) is 0 Å². The summed E-state index contributed by atoms with van der Waals surface area (Å²) in [6, 6.07) is 8.60. The quantitative estimate of drug-likeness (QED) is 0.610. The van der Waals surface area contributed by atoms with Crippen LogP contribution in [-0.2, 0) is 9.57 Å². The van der Waals surface area contributed by atoms with E-state index < -0.39 is 0 Å². The first-order valence-corrected chi connectivity index (χ1v) is 7.74. The SMILES string of the molecule is C/C(=N/O[C@@H]1CCOC1)c1ccc(SC2CC2)cc1. The molecule has 19 heavy (non-hydrogen) atoms. The standard InChI is InChI=1S/C15H19NO2S/c1-11(16-18-13-8-9-17-10-13)12-2-4-14(5-3-12)19-15-6-7-15/h2-5,13,15H,6-10H2,1H3/b16-11-/t13-/m1/s1. The normalized spacial score (nSPS) is 23.6. The highest BCUT2D eigenvalue weighted by atomic mass is 32.2. The van der Waals surface area contributed by atoms with Gasteiger partial charge in [-0.05, 0) is 37.5 Å². The first-order chi connectivity index (χ1) is 9.31. The molecule has 3 rings (SSSR count). The number of hydrogen-bond acceptors (Lipinski definition) is 4. The summed E-state index contributed by atoms with van der Waals surface area (Å²) in [7, 11) is 0. The number of benzene rings is 1. The van der Waals surface area contributed by atoms with Crippen molar-refractivity contribution in [3.63, 3.8) is 0 Å². The van der Waals surface area contributed by atoms with Crippen LogP contribution < -0.4 is 0 Å². The van der Waals surface area contributed by atoms with Crippen LogP contribution in [0.2, 0.25) is 0 Å². The Labute approximate surface area is 118 Å². The molecular weight excluding hydrogens is 258 g/mol. The summed E-state index contributed by atoms with van der Waals surface area (Å²) >= 11 is 1.98. The van der Waals surface area contributed by atoms with Crippen molar-refractivity contribution in [2.24, 2.45) is 5.16 Å². The van der Waals surface area contributed by atoms with E-state index in [1.54, 1.807) is 0 Å². The fourth-order valence-electron chi connectivity index (χ4n) is 1.96. The summed E-state index contributed by atoms with van der Waals surface area (Å²) < 4.78 is 5.26. The Kier molecular flexibility index (Phi) is 4.09. The van der Waals surface area contributed by atoms with E-state index in [2.05, 4.69) is 29.4 Å². The molecule has 0 bridgehead atoms. The molecule has 1 aromatic carbocycles. The first kappa shape index (κ1) is 13.0. The van der Waals surface area contributed by atoms with Crippen molar-refractivity contribution < 1.29 is 9.57 Å². The second kappa shape index (κ2) is 5.97. The van der Waals surface area contributed by atoms with Gasteiger partial charge in [0, 0.05) is 16.6 Å². The minimum absolute atomic E-state index is 0.125. The lowest BCUT2D eigenvalue weighted by Gasteiger charge is -2.07. The average molecular weight is 277 g/mol. The van der Waals surface area contributed by atoms with Gasteiger partial charge in [0.05, 0.1) is 18.9 Å². The van der Waals surface area contributed by atoms with E-state index in [-0.39, 0.29) is 6.10 Å². The fraction of sp³-hybridized carbons (Fsp3) is 0.533. The molecule has 2 fully saturated rings. The summed E-state index contributed by atoms with van der Waals surface area (Å²) in [5.41, 5.74) is 2.05. The molecule has 3 nitrogen and oxygen atoms in total. The van der Waals surface area contributed by atoms with Crippen molar-refractivity contribution in [1.82, 2.24) is 0 Å². The Morgan fingerprint density at radius 3 is 2.68 bits per heavy atom. The van der Waals surface area contributed by atoms with E-state index in [1.807, 2.05) is 18.7 Å². The van der Waals surface area contributed by atoms with E-state index >= 15 is 0 Å². The molecule has 1 atom stereocenters. The van der Waals surface area contributed by atoms with Crippen molar-refractivity contribution in [3.8, 4) is 0 Å². The molecule has 0 aromatic heterocycles. The number of nitrogens with zero attached hydrogens (tertiary/aromatic N) is 1. The maximum Gasteiger partial charge on any atom is 0.152 e. The zero-order valence-corrected chi connectivity index (χ0v) is 12.0. The Balaban J connectivity index is 1.58. The third-order valence-corrected chi connectivity index (χ3v) is 4.67. The van der Waals surface area contributed by atoms with Crippen molar-refractivity contribution in [2.45, 2.75) is 42.4 Å². The predicted molar refractivity (Wildman–Crippen MR) is 77.8 cm³/mol. The van der Waals surface area contributed by atoms with Crippen molar-refractivity contribution >= 4 is 17.5 Å². The van der Waals surface area contributed by atoms with Crippen LogP contribution in [0.5, 0.6) is 0 Å². The van der Waals surface area contributed by atoms with Crippen LogP contribution in [0.1, 0.15) is 31.7 Å². The molecule has 1 saturated carbocycles. The van der Waals surface area contributed by atoms with Crippen molar-refractivity contribution in [3.05, 3.63) is 29.8 Å². The van der Waals surface area contributed by atoms with Gasteiger partial charge in [0.1, 0.15) is 0 Å². The van der Waals surface area contributed by atoms with Crippen LogP contribution >= 0.6 is 11.8 Å². The number of ether oxygens (including phenoxy) is 1. The summed E-state index contributed by atoms with van der Waals surface area (Å²) in [5.74, 6) is 0. The molecule has 1 aliphatic carbocycles. The van der Waals surface area contributed by atoms with Crippen LogP contribution in [0.4, 0.5) is 0 Å². The highest BCUT2D eigenvalue weighted by Gasteiger charge is 2.22. The maximum atomic E-state index is 5.48. The predicted octanol–water partition coefficient (Wildman–Crippen LogP) is 3.47. The monoisotopic (exact) mass is 277 g/mol. The van der Waals surface area contributed by atoms with Gasteiger partial charge >= 0.3 is 0 Å². The third kappa shape index (κ3) is 3.74. The number of hydrogen-bond donors (Lipinski definition) is 0. The van der Waals surface area contributed by atoms with E-state index in [9.17, 15) is 0 Å². The van der Waals surface area contributed by atoms with Gasteiger partial charge < -0.3 is 9.57 Å². The van der Waals surface area contributed by atoms with Crippen LogP contribution in [0.25, 0.3) is 0 Å². The lowest BCUT2D eigenvalue weighted by atomic mass is 10.1. The first-order valence-electron chi connectivity index (χ1n) is 6.86. The van der Waals surface area contributed by atoms with Crippen molar-refractivity contribution in [2.75, 3.05) is 13.2 Å². The zero-order chi connectivity index (χ0) is 13.1. The topological polar surface area (TPSA) is 30.8 Å². The Morgan fingerprint density at radius 2 is 2.05 bits per heavy atom. The highest BCUT2D eigenvalue weighted by molar-refractivity contribution is 8.00. The molecule has 0 N–H and O–H groups in total. The van der Waals surface area contributed by atoms with E-state index in [0.29, 0.717) is 6.61 Å². The lowest BCUT2D eigenvalue weighted by Crippen LogP contribution is -2.10. The second-order valence-electron chi connectivity index (χ2n) is 5.11. The number of rotatable bonds is 5. The molecule has 1 saturated heterocycles. The molecule has 2 aliphatic rings. The minimum Gasteiger partial charge on any atom is -0.390 e. The van der Waals surface area contributed by atoms with Gasteiger partial charge in [0.15, 0.2) is 6.10 Å². The third-order valence-electron chi connectivity index (χ3n) is 3.33. The van der Waals surface area contributed by atoms with E-state index in [1.165, 1.54) is 17.7 Å². The molecule has 0 amide bonds. The Morgan fingerprint density at radius 1 is 1.26 bits per heavy atom. The summed E-state index contributed by atoms with van der Waals surface area (Å²) in [6.07, 6.45) is 3.79. The van der Waals surface area contributed by atoms with Crippen molar-refractivity contribution in [1.29, 1.82) is 0 Å². The number of thioether (sulfide) groups is 1. The average Bonchev–Trinajstić information content (AvgIpc) is 3.09. The molecule has 102 valence electrons. The minimum atomic E-state index is 0.125. The van der Waals surface area contributed by atoms with Crippen LogP contribution in [-0.4, -0.2) is 30.3 Å². The summed E-state index contributed by atoms with van der Waals surface area (Å²) in [4.78, 5) is 6.83. The molecule has 0 unspecified atom stereocenters. The van der Waals surface area contributed by atoms with Gasteiger partial charge in [0.2, 0.25) is 0 Å². The van der Waals surface area contributed by atoms with Crippen LogP contribution in [0.15, 0.2) is 34.3 Å². The fourth-order valence-corrected chi connectivity index (χ4v) is 3.01. The molecule has 1 aromatic rings.